The standard InChI is InChI=1S/C27H25N5O3S/c1-16-10-11-23(34-4)22(12-16)31-17(2)13-19(18(31)3)14-21-25(28)32-27(29-26(21)33)36-24(30-32)15-35-20-8-6-5-7-9-20/h5-14,28H,15H2,1-4H3/b21-14-,28-25?. The van der Waals surface area contributed by atoms with Gasteiger partial charge in [-0.25, -0.2) is 0 Å². The Morgan fingerprint density at radius 3 is 2.61 bits per heavy atom. The number of nitrogens with one attached hydrogen (secondary N) is 1. The lowest BCUT2D eigenvalue weighted by Crippen LogP contribution is -2.35. The molecule has 8 nitrogen and oxygen atoms in total. The number of rotatable bonds is 6. The Balaban J connectivity index is 1.44. The van der Waals surface area contributed by atoms with Crippen LogP contribution in [0, 0.1) is 26.2 Å². The maximum Gasteiger partial charge on any atom is 0.283 e. The largest absolute Gasteiger partial charge is 0.495 e. The molecule has 2 aromatic carbocycles. The zero-order valence-electron chi connectivity index (χ0n) is 20.4. The summed E-state index contributed by atoms with van der Waals surface area (Å²) in [5, 5.41) is 15.6. The summed E-state index contributed by atoms with van der Waals surface area (Å²) in [7, 11) is 1.65. The molecule has 0 atom stereocenters. The predicted octanol–water partition coefficient (Wildman–Crippen LogP) is 5.11. The quantitative estimate of drug-likeness (QED) is 0.476. The van der Waals surface area contributed by atoms with Crippen LogP contribution >= 0.6 is 11.8 Å². The summed E-state index contributed by atoms with van der Waals surface area (Å²) in [5.41, 5.74) is 4.95. The van der Waals surface area contributed by atoms with Crippen molar-refractivity contribution in [1.82, 2.24) is 9.58 Å². The first-order valence-corrected chi connectivity index (χ1v) is 12.2. The third-order valence-electron chi connectivity index (χ3n) is 5.95. The van der Waals surface area contributed by atoms with Crippen LogP contribution in [0.5, 0.6) is 11.5 Å². The fourth-order valence-electron chi connectivity index (χ4n) is 4.19. The summed E-state index contributed by atoms with van der Waals surface area (Å²) < 4.78 is 13.4. The van der Waals surface area contributed by atoms with E-state index in [0.29, 0.717) is 10.2 Å². The van der Waals surface area contributed by atoms with Gasteiger partial charge in [0.25, 0.3) is 5.91 Å². The van der Waals surface area contributed by atoms with Crippen molar-refractivity contribution in [2.75, 3.05) is 13.7 Å². The molecule has 2 aliphatic rings. The zero-order valence-corrected chi connectivity index (χ0v) is 21.2. The molecule has 1 amide bonds. The molecule has 0 saturated carbocycles. The van der Waals surface area contributed by atoms with Gasteiger partial charge in [-0.1, -0.05) is 24.3 Å². The normalized spacial score (nSPS) is 16.2. The molecule has 3 heterocycles. The van der Waals surface area contributed by atoms with Crippen LogP contribution in [0.2, 0.25) is 0 Å². The minimum Gasteiger partial charge on any atom is -0.495 e. The highest BCUT2D eigenvalue weighted by atomic mass is 32.2. The SMILES string of the molecule is COc1ccc(C)cc1-n1c(C)cc(/C=C2/C(=N)N3N=C(COc4ccccc4)SC3=NC2=O)c1C. The lowest BCUT2D eigenvalue weighted by Gasteiger charge is -2.20. The summed E-state index contributed by atoms with van der Waals surface area (Å²) in [6, 6.07) is 17.4. The number of aromatic nitrogens is 1. The van der Waals surface area contributed by atoms with Crippen molar-refractivity contribution >= 4 is 39.8 Å². The number of hydrogen-bond acceptors (Lipinski definition) is 6. The van der Waals surface area contributed by atoms with E-state index in [1.54, 1.807) is 13.2 Å². The van der Waals surface area contributed by atoms with E-state index in [4.69, 9.17) is 14.9 Å². The average Bonchev–Trinajstić information content (AvgIpc) is 3.40. The number of methoxy groups -OCH3 is 1. The van der Waals surface area contributed by atoms with Gasteiger partial charge < -0.3 is 14.0 Å². The number of carbonyl (C=O) groups is 1. The monoisotopic (exact) mass is 499 g/mol. The summed E-state index contributed by atoms with van der Waals surface area (Å²) in [5.74, 6) is 1.01. The zero-order chi connectivity index (χ0) is 25.4. The van der Waals surface area contributed by atoms with Crippen LogP contribution in [0.15, 0.2) is 70.3 Å². The maximum atomic E-state index is 12.9. The van der Waals surface area contributed by atoms with Gasteiger partial charge in [-0.05, 0) is 80.1 Å². The van der Waals surface area contributed by atoms with E-state index in [2.05, 4.69) is 20.7 Å². The van der Waals surface area contributed by atoms with E-state index in [-0.39, 0.29) is 18.0 Å². The van der Waals surface area contributed by atoms with Crippen molar-refractivity contribution in [1.29, 1.82) is 5.41 Å². The number of aryl methyl sites for hydroxylation is 2. The molecule has 36 heavy (non-hydrogen) atoms. The van der Waals surface area contributed by atoms with Crippen molar-refractivity contribution in [2.24, 2.45) is 10.1 Å². The van der Waals surface area contributed by atoms with Gasteiger partial charge >= 0.3 is 0 Å². The molecule has 0 spiro atoms. The van der Waals surface area contributed by atoms with Crippen LogP contribution in [0.1, 0.15) is 22.5 Å². The summed E-state index contributed by atoms with van der Waals surface area (Å²) in [4.78, 5) is 17.1. The number of para-hydroxylation sites is 1. The van der Waals surface area contributed by atoms with E-state index in [1.807, 2.05) is 69.3 Å². The first-order valence-electron chi connectivity index (χ1n) is 11.4. The minimum atomic E-state index is -0.461. The number of hydrazone groups is 1. The molecule has 1 aromatic heterocycles. The molecule has 0 saturated heterocycles. The number of amidine groups is 2. The molecule has 5 rings (SSSR count). The number of amides is 1. The van der Waals surface area contributed by atoms with Gasteiger partial charge in [0.05, 0.1) is 18.4 Å². The van der Waals surface area contributed by atoms with Crippen LogP contribution in [0.4, 0.5) is 0 Å². The van der Waals surface area contributed by atoms with E-state index >= 15 is 0 Å². The van der Waals surface area contributed by atoms with Crippen LogP contribution < -0.4 is 9.47 Å². The van der Waals surface area contributed by atoms with Gasteiger partial charge in [-0.15, -0.1) is 0 Å². The molecule has 0 aliphatic carbocycles. The second-order valence-corrected chi connectivity index (χ2v) is 9.49. The third kappa shape index (κ3) is 4.33. The fourth-order valence-corrected chi connectivity index (χ4v) is 4.98. The third-order valence-corrected chi connectivity index (χ3v) is 6.83. The molecule has 0 fully saturated rings. The Morgan fingerprint density at radius 2 is 1.86 bits per heavy atom. The van der Waals surface area contributed by atoms with Gasteiger partial charge in [0, 0.05) is 11.4 Å². The second kappa shape index (κ2) is 9.50. The van der Waals surface area contributed by atoms with Crippen molar-refractivity contribution in [3.8, 4) is 17.2 Å². The van der Waals surface area contributed by atoms with Crippen molar-refractivity contribution in [3.63, 3.8) is 0 Å². The van der Waals surface area contributed by atoms with Gasteiger partial charge in [0.15, 0.2) is 5.84 Å². The number of fused-ring (bicyclic) bond motifs is 1. The lowest BCUT2D eigenvalue weighted by molar-refractivity contribution is -0.114. The Morgan fingerprint density at radius 1 is 1.08 bits per heavy atom. The molecular weight excluding hydrogens is 474 g/mol. The summed E-state index contributed by atoms with van der Waals surface area (Å²) in [6.07, 6.45) is 1.71. The highest BCUT2D eigenvalue weighted by Crippen LogP contribution is 2.32. The molecule has 182 valence electrons. The Bertz CT molecular complexity index is 1470. The molecule has 3 aromatic rings. The first kappa shape index (κ1) is 23.6. The van der Waals surface area contributed by atoms with Crippen molar-refractivity contribution in [3.05, 3.63) is 82.7 Å². The van der Waals surface area contributed by atoms with Gasteiger partial charge in [-0.2, -0.15) is 15.1 Å². The predicted molar refractivity (Wildman–Crippen MR) is 143 cm³/mol. The molecule has 0 radical (unpaired) electrons. The first-order chi connectivity index (χ1) is 17.4. The second-order valence-electron chi connectivity index (χ2n) is 8.45. The number of aliphatic imine (C=N–C) groups is 1. The highest BCUT2D eigenvalue weighted by Gasteiger charge is 2.36. The molecule has 2 aliphatic heterocycles. The van der Waals surface area contributed by atoms with Crippen LogP contribution in [-0.4, -0.2) is 45.2 Å². The topological polar surface area (TPSA) is 92.3 Å². The summed E-state index contributed by atoms with van der Waals surface area (Å²) >= 11 is 1.24. The highest BCUT2D eigenvalue weighted by molar-refractivity contribution is 8.27. The average molecular weight is 500 g/mol. The van der Waals surface area contributed by atoms with E-state index in [0.717, 1.165) is 39.7 Å². The lowest BCUT2D eigenvalue weighted by atomic mass is 10.1. The van der Waals surface area contributed by atoms with Gasteiger partial charge in [0.2, 0.25) is 5.17 Å². The van der Waals surface area contributed by atoms with E-state index < -0.39 is 5.91 Å². The van der Waals surface area contributed by atoms with Crippen LogP contribution in [-0.2, 0) is 4.79 Å². The Kier molecular flexibility index (Phi) is 6.24. The summed E-state index contributed by atoms with van der Waals surface area (Å²) in [6.45, 7) is 6.24. The van der Waals surface area contributed by atoms with Crippen LogP contribution in [0.25, 0.3) is 11.8 Å². The number of benzene rings is 2. The maximum absolute atomic E-state index is 12.9. The van der Waals surface area contributed by atoms with Crippen molar-refractivity contribution in [2.45, 2.75) is 20.8 Å². The number of carbonyl (C=O) groups excluding carboxylic acids is 1. The Labute approximate surface area is 213 Å². The molecule has 0 bridgehead atoms. The molecular formula is C27H25N5O3S. The number of nitrogens with zero attached hydrogens (tertiary/aromatic N) is 4. The number of ether oxygens (including phenoxy) is 2. The van der Waals surface area contributed by atoms with Gasteiger partial charge in [-0.3, -0.25) is 10.2 Å². The number of hydrogen-bond donors (Lipinski definition) is 1. The molecule has 9 heteroatoms. The van der Waals surface area contributed by atoms with E-state index in [1.165, 1.54) is 16.8 Å². The molecule has 0 unspecified atom stereocenters. The van der Waals surface area contributed by atoms with Gasteiger partial charge in [0.1, 0.15) is 23.1 Å². The van der Waals surface area contributed by atoms with Crippen molar-refractivity contribution < 1.29 is 14.3 Å². The number of thioether (sulfide) groups is 1. The van der Waals surface area contributed by atoms with E-state index in [9.17, 15) is 4.79 Å². The minimum absolute atomic E-state index is 0.00912. The smallest absolute Gasteiger partial charge is 0.283 e. The fraction of sp³-hybridized carbons (Fsp3) is 0.185. The molecule has 1 N–H and O–H groups in total. The van der Waals surface area contributed by atoms with Crippen LogP contribution in [0.3, 0.4) is 0 Å². The Hall–Kier alpha value is -4.11.